The molecule has 2 aliphatic carbocycles. The molecule has 138 valence electrons. The first-order chi connectivity index (χ1) is 11.6. The van der Waals surface area contributed by atoms with E-state index < -0.39 is 23.2 Å². The van der Waals surface area contributed by atoms with E-state index >= 15 is 0 Å². The Morgan fingerprint density at radius 1 is 1.20 bits per heavy atom. The number of hydrogen-bond donors (Lipinski definition) is 4. The Morgan fingerprint density at radius 2 is 1.84 bits per heavy atom. The van der Waals surface area contributed by atoms with E-state index in [4.69, 9.17) is 0 Å². The van der Waals surface area contributed by atoms with Gasteiger partial charge in [0.05, 0.1) is 0 Å². The van der Waals surface area contributed by atoms with E-state index in [1.165, 1.54) is 0 Å². The summed E-state index contributed by atoms with van der Waals surface area (Å²) in [5.41, 5.74) is 0.212. The van der Waals surface area contributed by atoms with Crippen molar-refractivity contribution in [3.05, 3.63) is 22.8 Å². The first-order valence-corrected chi connectivity index (χ1v) is 8.98. The first-order valence-electron chi connectivity index (χ1n) is 8.98. The van der Waals surface area contributed by atoms with Crippen LogP contribution in [0, 0.1) is 11.3 Å². The maximum absolute atomic E-state index is 12.9. The number of fused-ring (bicyclic) bond motifs is 3. The maximum Gasteiger partial charge on any atom is 0.192 e. The Labute approximate surface area is 148 Å². The minimum atomic E-state index is -1.13. The number of benzene rings is 1. The van der Waals surface area contributed by atoms with Crippen molar-refractivity contribution in [2.75, 3.05) is 6.61 Å². The summed E-state index contributed by atoms with van der Waals surface area (Å²) in [6, 6.07) is 1.54. The minimum absolute atomic E-state index is 0.213. The topological polar surface area (TPSA) is 98.0 Å². The summed E-state index contributed by atoms with van der Waals surface area (Å²) in [7, 11) is 0. The maximum atomic E-state index is 12.9. The average molecular weight is 348 g/mol. The number of carbonyl (C=O) groups is 1. The number of hydrogen-bond acceptors (Lipinski definition) is 5. The Balaban J connectivity index is 2.31. The van der Waals surface area contributed by atoms with Crippen LogP contribution in [0.1, 0.15) is 74.4 Å². The third-order valence-corrected chi connectivity index (χ3v) is 6.58. The number of ketones is 1. The van der Waals surface area contributed by atoms with E-state index in [0.29, 0.717) is 11.1 Å². The number of phenolic OH excluding ortho intramolecular Hbond substituents is 2. The quantitative estimate of drug-likeness (QED) is 0.616. The molecule has 2 aliphatic rings. The highest BCUT2D eigenvalue weighted by atomic mass is 16.3. The van der Waals surface area contributed by atoms with E-state index in [1.807, 2.05) is 6.92 Å². The van der Waals surface area contributed by atoms with Crippen molar-refractivity contribution in [3.8, 4) is 11.5 Å². The van der Waals surface area contributed by atoms with Gasteiger partial charge in [-0.15, -0.1) is 0 Å². The molecule has 5 heteroatoms. The van der Waals surface area contributed by atoms with Crippen LogP contribution in [0.3, 0.4) is 0 Å². The van der Waals surface area contributed by atoms with Gasteiger partial charge in [-0.3, -0.25) is 4.79 Å². The lowest BCUT2D eigenvalue weighted by atomic mass is 9.49. The van der Waals surface area contributed by atoms with Crippen molar-refractivity contribution >= 4 is 5.78 Å². The molecular weight excluding hydrogens is 320 g/mol. The molecule has 0 heterocycles. The normalized spacial score (nSPS) is 32.0. The Bertz CT molecular complexity index is 723. The number of carbonyl (C=O) groups excluding carboxylic acids is 1. The highest BCUT2D eigenvalue weighted by molar-refractivity contribution is 6.04. The average Bonchev–Trinajstić information content (AvgIpc) is 2.53. The van der Waals surface area contributed by atoms with Crippen LogP contribution in [0.25, 0.3) is 0 Å². The monoisotopic (exact) mass is 348 g/mol. The first kappa shape index (κ1) is 18.2. The van der Waals surface area contributed by atoms with E-state index in [-0.39, 0.29) is 35.0 Å². The Hall–Kier alpha value is -1.59. The van der Waals surface area contributed by atoms with Crippen LogP contribution >= 0.6 is 0 Å². The van der Waals surface area contributed by atoms with Crippen LogP contribution in [-0.4, -0.2) is 38.9 Å². The zero-order valence-electron chi connectivity index (χ0n) is 15.3. The second-order valence-corrected chi connectivity index (χ2v) is 8.72. The third kappa shape index (κ3) is 2.40. The molecule has 25 heavy (non-hydrogen) atoms. The van der Waals surface area contributed by atoms with Crippen LogP contribution < -0.4 is 0 Å². The molecule has 4 atom stereocenters. The summed E-state index contributed by atoms with van der Waals surface area (Å²) in [4.78, 5) is 12.9. The van der Waals surface area contributed by atoms with Gasteiger partial charge in [-0.1, -0.05) is 34.1 Å². The van der Waals surface area contributed by atoms with Crippen molar-refractivity contribution < 1.29 is 25.2 Å². The van der Waals surface area contributed by atoms with Gasteiger partial charge in [-0.2, -0.15) is 0 Å². The number of phenols is 2. The smallest absolute Gasteiger partial charge is 0.192 e. The summed E-state index contributed by atoms with van der Waals surface area (Å²) in [5, 5.41) is 41.5. The summed E-state index contributed by atoms with van der Waals surface area (Å²) in [6.45, 7) is 7.57. The molecule has 1 saturated carbocycles. The van der Waals surface area contributed by atoms with Crippen LogP contribution in [0.2, 0.25) is 0 Å². The van der Waals surface area contributed by atoms with Gasteiger partial charge in [0.2, 0.25) is 0 Å². The highest BCUT2D eigenvalue weighted by Crippen LogP contribution is 2.60. The van der Waals surface area contributed by atoms with Gasteiger partial charge in [0.1, 0.15) is 6.10 Å². The number of rotatable bonds is 2. The summed E-state index contributed by atoms with van der Waals surface area (Å²) in [5.74, 6) is -1.70. The second kappa shape index (κ2) is 5.71. The zero-order chi connectivity index (χ0) is 18.7. The predicted molar refractivity (Wildman–Crippen MR) is 94.1 cm³/mol. The second-order valence-electron chi connectivity index (χ2n) is 8.72. The molecule has 1 aromatic carbocycles. The molecular formula is C20H28O5. The molecule has 1 unspecified atom stereocenters. The van der Waals surface area contributed by atoms with E-state index in [2.05, 4.69) is 13.8 Å². The van der Waals surface area contributed by atoms with Gasteiger partial charge in [0.25, 0.3) is 0 Å². The molecule has 5 nitrogen and oxygen atoms in total. The van der Waals surface area contributed by atoms with Crippen molar-refractivity contribution in [2.45, 2.75) is 64.4 Å². The van der Waals surface area contributed by atoms with E-state index in [0.717, 1.165) is 19.3 Å². The fraction of sp³-hybridized carbons (Fsp3) is 0.650. The van der Waals surface area contributed by atoms with Gasteiger partial charge in [0, 0.05) is 40.5 Å². The van der Waals surface area contributed by atoms with E-state index in [9.17, 15) is 25.2 Å². The number of aliphatic hydroxyl groups excluding tert-OH is 2. The summed E-state index contributed by atoms with van der Waals surface area (Å²) in [6.07, 6.45) is 1.43. The van der Waals surface area contributed by atoms with Gasteiger partial charge in [-0.25, -0.2) is 0 Å². The molecule has 0 saturated heterocycles. The minimum Gasteiger partial charge on any atom is -0.504 e. The van der Waals surface area contributed by atoms with Crippen molar-refractivity contribution in [1.82, 2.24) is 0 Å². The van der Waals surface area contributed by atoms with Crippen LogP contribution in [0.4, 0.5) is 0 Å². The van der Waals surface area contributed by atoms with Gasteiger partial charge >= 0.3 is 0 Å². The molecule has 4 N–H and O–H groups in total. The lowest BCUT2D eigenvalue weighted by molar-refractivity contribution is -0.0396. The van der Waals surface area contributed by atoms with Crippen molar-refractivity contribution in [1.29, 1.82) is 0 Å². The molecule has 0 aromatic heterocycles. The van der Waals surface area contributed by atoms with Crippen molar-refractivity contribution in [2.24, 2.45) is 11.3 Å². The van der Waals surface area contributed by atoms with E-state index in [1.54, 1.807) is 13.0 Å². The summed E-state index contributed by atoms with van der Waals surface area (Å²) >= 11 is 0. The molecule has 0 radical (unpaired) electrons. The standard InChI is InChI=1S/C20H28O5/c1-10(9-21)11-8-12-13(16(24)14(11)22)20(4)7-5-6-19(2,3)18(20)17(25)15(12)23/h8,10,17-18,21-22,24-25H,5-7,9H2,1-4H3/t10?,17-,18-,20+/m0/s1. The van der Waals surface area contributed by atoms with Crippen LogP contribution in [0.5, 0.6) is 11.5 Å². The Kier molecular flexibility index (Phi) is 4.16. The van der Waals surface area contributed by atoms with Gasteiger partial charge in [-0.05, 0) is 24.3 Å². The lowest BCUT2D eigenvalue weighted by Crippen LogP contribution is -2.56. The molecule has 0 bridgehead atoms. The molecule has 1 aromatic rings. The van der Waals surface area contributed by atoms with Gasteiger partial charge < -0.3 is 20.4 Å². The largest absolute Gasteiger partial charge is 0.504 e. The zero-order valence-corrected chi connectivity index (χ0v) is 15.3. The molecule has 0 spiro atoms. The number of aliphatic hydroxyl groups is 2. The SMILES string of the molecule is CC(CO)c1cc2c(c(O)c1O)[C@@]1(C)CCCC(C)(C)[C@@H]1[C@@H](O)C2=O. The van der Waals surface area contributed by atoms with Crippen LogP contribution in [0.15, 0.2) is 6.07 Å². The molecule has 0 aliphatic heterocycles. The van der Waals surface area contributed by atoms with Crippen LogP contribution in [-0.2, 0) is 5.41 Å². The fourth-order valence-electron chi connectivity index (χ4n) is 5.38. The predicted octanol–water partition coefficient (Wildman–Crippen LogP) is 2.83. The molecule has 0 amide bonds. The van der Waals surface area contributed by atoms with Crippen molar-refractivity contribution in [3.63, 3.8) is 0 Å². The fourth-order valence-corrected chi connectivity index (χ4v) is 5.38. The number of Topliss-reactive ketones (excluding diaryl/α,β-unsaturated/α-hetero) is 1. The number of aromatic hydroxyl groups is 2. The molecule has 1 fully saturated rings. The molecule has 3 rings (SSSR count). The van der Waals surface area contributed by atoms with Gasteiger partial charge in [0.15, 0.2) is 17.3 Å². The lowest BCUT2D eigenvalue weighted by Gasteiger charge is -2.55. The summed E-state index contributed by atoms with van der Waals surface area (Å²) < 4.78 is 0. The highest BCUT2D eigenvalue weighted by Gasteiger charge is 2.57. The Morgan fingerprint density at radius 3 is 2.44 bits per heavy atom. The third-order valence-electron chi connectivity index (χ3n) is 6.58.